The lowest BCUT2D eigenvalue weighted by atomic mass is 10.1. The number of halogens is 2. The van der Waals surface area contributed by atoms with E-state index in [0.717, 1.165) is 0 Å². The van der Waals surface area contributed by atoms with Gasteiger partial charge in [0.25, 0.3) is 0 Å². The van der Waals surface area contributed by atoms with Gasteiger partial charge in [-0.25, -0.2) is 22.9 Å². The summed E-state index contributed by atoms with van der Waals surface area (Å²) in [6.45, 7) is 5.73. The minimum Gasteiger partial charge on any atom is -0.386 e. The summed E-state index contributed by atoms with van der Waals surface area (Å²) >= 11 is 5.83. The normalized spacial score (nSPS) is 14.2. The van der Waals surface area contributed by atoms with Crippen molar-refractivity contribution in [3.63, 3.8) is 0 Å². The lowest BCUT2D eigenvalue weighted by Gasteiger charge is -2.28. The maximum Gasteiger partial charge on any atom is 0.181 e. The molecule has 0 amide bonds. The first kappa shape index (κ1) is 24.8. The Morgan fingerprint density at radius 1 is 1.27 bits per heavy atom. The van der Waals surface area contributed by atoms with Gasteiger partial charge in [0.1, 0.15) is 16.4 Å². The number of amidine groups is 1. The Labute approximate surface area is 197 Å². The molecule has 0 saturated heterocycles. The summed E-state index contributed by atoms with van der Waals surface area (Å²) in [5, 5.41) is 4.39. The van der Waals surface area contributed by atoms with Crippen LogP contribution in [0, 0.1) is 5.82 Å². The molecule has 176 valence electrons. The number of benzene rings is 1. The minimum absolute atomic E-state index is 0.128. The second kappa shape index (κ2) is 9.96. The topological polar surface area (TPSA) is 120 Å². The van der Waals surface area contributed by atoms with Gasteiger partial charge < -0.3 is 10.3 Å². The van der Waals surface area contributed by atoms with Crippen molar-refractivity contribution in [3.05, 3.63) is 53.1 Å². The third-order valence-electron chi connectivity index (χ3n) is 5.22. The molecule has 0 bridgehead atoms. The molecule has 2 N–H and O–H groups in total. The van der Waals surface area contributed by atoms with Gasteiger partial charge in [-0.1, -0.05) is 23.7 Å². The minimum atomic E-state index is -3.01. The van der Waals surface area contributed by atoms with Crippen LogP contribution in [0.4, 0.5) is 4.39 Å². The van der Waals surface area contributed by atoms with E-state index in [2.05, 4.69) is 24.5 Å². The Kier molecular flexibility index (Phi) is 7.48. The van der Waals surface area contributed by atoms with Crippen molar-refractivity contribution >= 4 is 27.2 Å². The number of aromatic nitrogens is 3. The second-order valence-corrected chi connectivity index (χ2v) is 11.1. The molecule has 0 aliphatic carbocycles. The maximum atomic E-state index is 14.8. The van der Waals surface area contributed by atoms with E-state index in [9.17, 15) is 8.60 Å². The standard InChI is InChI=1S/C22H26ClFN6O2S/c1-5-8-29-33(31,22(2,3)21(25)26-4)13-15-9-14(6-7-17(15)24)19-10-18(30-32-19)20-27-11-16(23)12-28-20/h6-7,9-12H,5,8,13H2,1-4H3,(H2,25,26). The smallest absolute Gasteiger partial charge is 0.181 e. The molecule has 2 heterocycles. The average molecular weight is 493 g/mol. The highest BCUT2D eigenvalue weighted by Crippen LogP contribution is 2.30. The molecular formula is C22H26ClFN6O2S. The first-order valence-electron chi connectivity index (χ1n) is 10.3. The quantitative estimate of drug-likeness (QED) is 0.358. The molecule has 2 aromatic heterocycles. The van der Waals surface area contributed by atoms with E-state index < -0.39 is 20.3 Å². The number of nitrogens with two attached hydrogens (primary N) is 1. The van der Waals surface area contributed by atoms with Gasteiger partial charge in [0.2, 0.25) is 0 Å². The van der Waals surface area contributed by atoms with Gasteiger partial charge >= 0.3 is 0 Å². The van der Waals surface area contributed by atoms with E-state index in [1.807, 2.05) is 6.92 Å². The van der Waals surface area contributed by atoms with Crippen LogP contribution in [0.5, 0.6) is 0 Å². The number of rotatable bonds is 8. The van der Waals surface area contributed by atoms with Gasteiger partial charge in [0.15, 0.2) is 17.3 Å². The number of nitrogens with zero attached hydrogens (tertiary/aromatic N) is 5. The second-order valence-electron chi connectivity index (χ2n) is 7.86. The third kappa shape index (κ3) is 5.22. The number of hydrogen-bond donors (Lipinski definition) is 1. The van der Waals surface area contributed by atoms with Crippen LogP contribution in [-0.4, -0.2) is 43.5 Å². The van der Waals surface area contributed by atoms with E-state index in [0.29, 0.717) is 40.8 Å². The summed E-state index contributed by atoms with van der Waals surface area (Å²) in [4.78, 5) is 12.3. The van der Waals surface area contributed by atoms with Gasteiger partial charge in [0, 0.05) is 43.2 Å². The zero-order valence-corrected chi connectivity index (χ0v) is 20.5. The molecular weight excluding hydrogens is 467 g/mol. The van der Waals surface area contributed by atoms with Gasteiger partial charge in [-0.05, 0) is 38.5 Å². The van der Waals surface area contributed by atoms with E-state index >= 15 is 0 Å². The van der Waals surface area contributed by atoms with Crippen LogP contribution in [0.25, 0.3) is 22.8 Å². The van der Waals surface area contributed by atoms with Gasteiger partial charge in [-0.3, -0.25) is 4.99 Å². The number of aliphatic imine (C=N–C) groups is 1. The predicted octanol–water partition coefficient (Wildman–Crippen LogP) is 4.73. The molecule has 11 heteroatoms. The summed E-state index contributed by atoms with van der Waals surface area (Å²) in [5.74, 6) is 0.301. The Morgan fingerprint density at radius 3 is 2.61 bits per heavy atom. The van der Waals surface area contributed by atoms with Crippen molar-refractivity contribution in [1.29, 1.82) is 0 Å². The van der Waals surface area contributed by atoms with Crippen molar-refractivity contribution < 1.29 is 13.1 Å². The summed E-state index contributed by atoms with van der Waals surface area (Å²) in [6, 6.07) is 6.09. The molecule has 3 rings (SSSR count). The Balaban J connectivity index is 2.00. The molecule has 0 spiro atoms. The highest BCUT2D eigenvalue weighted by atomic mass is 35.5. The van der Waals surface area contributed by atoms with Crippen LogP contribution < -0.4 is 5.73 Å². The molecule has 0 radical (unpaired) electrons. The molecule has 1 atom stereocenters. The molecule has 8 nitrogen and oxygen atoms in total. The van der Waals surface area contributed by atoms with Crippen molar-refractivity contribution in [2.45, 2.75) is 37.7 Å². The van der Waals surface area contributed by atoms with Crippen molar-refractivity contribution in [1.82, 2.24) is 15.1 Å². The lowest BCUT2D eigenvalue weighted by Crippen LogP contribution is -2.46. The third-order valence-corrected chi connectivity index (χ3v) is 8.52. The van der Waals surface area contributed by atoms with Gasteiger partial charge in [0.05, 0.1) is 20.5 Å². The van der Waals surface area contributed by atoms with Crippen LogP contribution in [-0.2, 0) is 15.5 Å². The fourth-order valence-electron chi connectivity index (χ4n) is 3.07. The first-order valence-corrected chi connectivity index (χ1v) is 12.3. The SMILES string of the molecule is CCCN=S(=O)(Cc1cc(-c2cc(-c3ncc(Cl)cn3)no2)ccc1F)C(C)(C)C(N)=NC. The molecule has 0 fully saturated rings. The van der Waals surface area contributed by atoms with Crippen molar-refractivity contribution in [3.8, 4) is 22.8 Å². The van der Waals surface area contributed by atoms with E-state index in [-0.39, 0.29) is 17.2 Å². The highest BCUT2D eigenvalue weighted by molar-refractivity contribution is 7.95. The van der Waals surface area contributed by atoms with E-state index in [4.69, 9.17) is 21.9 Å². The molecule has 0 saturated carbocycles. The van der Waals surface area contributed by atoms with E-state index in [1.165, 1.54) is 25.5 Å². The Morgan fingerprint density at radius 2 is 1.97 bits per heavy atom. The zero-order valence-electron chi connectivity index (χ0n) is 18.9. The van der Waals surface area contributed by atoms with Gasteiger partial charge in [-0.15, -0.1) is 0 Å². The molecule has 3 aromatic rings. The molecule has 0 aliphatic heterocycles. The lowest BCUT2D eigenvalue weighted by molar-refractivity contribution is 0.434. The number of hydrogen-bond acceptors (Lipinski definition) is 7. The summed E-state index contributed by atoms with van der Waals surface area (Å²) in [7, 11) is -1.48. The van der Waals surface area contributed by atoms with E-state index in [1.54, 1.807) is 32.0 Å². The first-order chi connectivity index (χ1) is 15.6. The van der Waals surface area contributed by atoms with Crippen LogP contribution in [0.1, 0.15) is 32.8 Å². The Bertz CT molecular complexity index is 1280. The monoisotopic (exact) mass is 492 g/mol. The molecule has 0 aliphatic rings. The van der Waals surface area contributed by atoms with Crippen LogP contribution in [0.2, 0.25) is 5.02 Å². The largest absolute Gasteiger partial charge is 0.386 e. The van der Waals surface area contributed by atoms with Crippen LogP contribution in [0.15, 0.2) is 50.5 Å². The fourth-order valence-corrected chi connectivity index (χ4v) is 5.48. The summed E-state index contributed by atoms with van der Waals surface area (Å²) < 4.78 is 37.6. The predicted molar refractivity (Wildman–Crippen MR) is 129 cm³/mol. The zero-order chi connectivity index (χ0) is 24.2. The van der Waals surface area contributed by atoms with Crippen LogP contribution in [0.3, 0.4) is 0 Å². The fraction of sp³-hybridized carbons (Fsp3) is 0.364. The summed E-state index contributed by atoms with van der Waals surface area (Å²) in [6.07, 6.45) is 3.61. The Hall–Kier alpha value is -2.85. The highest BCUT2D eigenvalue weighted by Gasteiger charge is 2.36. The average Bonchev–Trinajstić information content (AvgIpc) is 3.29. The van der Waals surface area contributed by atoms with Crippen molar-refractivity contribution in [2.75, 3.05) is 13.6 Å². The molecule has 1 unspecified atom stereocenters. The van der Waals surface area contributed by atoms with Crippen LogP contribution >= 0.6 is 11.6 Å². The summed E-state index contributed by atoms with van der Waals surface area (Å²) in [5.41, 5.74) is 7.26. The van der Waals surface area contributed by atoms with Crippen molar-refractivity contribution in [2.24, 2.45) is 15.1 Å². The molecule has 1 aromatic carbocycles. The molecule has 33 heavy (non-hydrogen) atoms. The van der Waals surface area contributed by atoms with Gasteiger partial charge in [-0.2, -0.15) is 0 Å². The maximum absolute atomic E-state index is 14.8.